The minimum Gasteiger partial charge on any atom is -0.387 e. The van der Waals surface area contributed by atoms with Crippen LogP contribution in [0.2, 0.25) is 0 Å². The third-order valence-electron chi connectivity index (χ3n) is 2.36. The van der Waals surface area contributed by atoms with Crippen LogP contribution in [-0.2, 0) is 0 Å². The summed E-state index contributed by atoms with van der Waals surface area (Å²) in [7, 11) is 1.83. The van der Waals surface area contributed by atoms with E-state index in [-0.39, 0.29) is 0 Å². The Kier molecular flexibility index (Phi) is 2.52. The number of hydrogen-bond donors (Lipinski definition) is 3. The summed E-state index contributed by atoms with van der Waals surface area (Å²) in [4.78, 5) is 3.12. The summed E-state index contributed by atoms with van der Waals surface area (Å²) in [6.07, 6.45) is 1.47. The Hall–Kier alpha value is -1.32. The summed E-state index contributed by atoms with van der Waals surface area (Å²) in [5, 5.41) is 13.8. The van der Waals surface area contributed by atoms with Crippen LogP contribution >= 0.6 is 0 Å². The van der Waals surface area contributed by atoms with Gasteiger partial charge in [0.05, 0.1) is 6.10 Å². The fourth-order valence-corrected chi connectivity index (χ4v) is 1.59. The Morgan fingerprint density at radius 1 is 1.43 bits per heavy atom. The molecule has 1 aromatic heterocycles. The Labute approximate surface area is 82.8 Å². The lowest BCUT2D eigenvalue weighted by atomic mass is 10.1. The second-order valence-corrected chi connectivity index (χ2v) is 3.40. The molecule has 0 amide bonds. The Bertz CT molecular complexity index is 422. The molecule has 3 nitrogen and oxygen atoms in total. The Morgan fingerprint density at radius 2 is 2.29 bits per heavy atom. The third kappa shape index (κ3) is 1.64. The topological polar surface area (TPSA) is 48.0 Å². The van der Waals surface area contributed by atoms with E-state index in [9.17, 15) is 5.11 Å². The number of hydrogen-bond acceptors (Lipinski definition) is 2. The quantitative estimate of drug-likeness (QED) is 0.685. The maximum absolute atomic E-state index is 9.74. The highest BCUT2D eigenvalue weighted by atomic mass is 16.3. The van der Waals surface area contributed by atoms with Crippen LogP contribution in [0.15, 0.2) is 30.5 Å². The molecule has 0 bridgehead atoms. The number of H-pyrrole nitrogens is 1. The van der Waals surface area contributed by atoms with E-state index in [0.29, 0.717) is 6.54 Å². The van der Waals surface area contributed by atoms with E-state index in [1.807, 2.05) is 37.5 Å². The molecule has 1 atom stereocenters. The van der Waals surface area contributed by atoms with Crippen LogP contribution in [0.1, 0.15) is 11.7 Å². The van der Waals surface area contributed by atoms with E-state index in [1.165, 1.54) is 0 Å². The van der Waals surface area contributed by atoms with Gasteiger partial charge in [0.1, 0.15) is 0 Å². The summed E-state index contributed by atoms with van der Waals surface area (Å²) in [5.41, 5.74) is 2.05. The van der Waals surface area contributed by atoms with Crippen molar-refractivity contribution in [2.45, 2.75) is 6.10 Å². The van der Waals surface area contributed by atoms with Gasteiger partial charge in [0.2, 0.25) is 0 Å². The van der Waals surface area contributed by atoms with Gasteiger partial charge in [-0.1, -0.05) is 6.07 Å². The molecule has 0 aliphatic rings. The van der Waals surface area contributed by atoms with Crippen LogP contribution in [0.25, 0.3) is 10.9 Å². The van der Waals surface area contributed by atoms with Crippen molar-refractivity contribution < 1.29 is 5.11 Å². The standard InChI is InChI=1S/C11H14N2O/c1-12-7-11(14)9-2-3-10-8(6-9)4-5-13-10/h2-6,11-14H,7H2,1H3. The van der Waals surface area contributed by atoms with Gasteiger partial charge in [0.25, 0.3) is 0 Å². The second kappa shape index (κ2) is 3.82. The zero-order valence-corrected chi connectivity index (χ0v) is 8.12. The van der Waals surface area contributed by atoms with Crippen molar-refractivity contribution in [3.8, 4) is 0 Å². The normalized spacial score (nSPS) is 13.3. The van der Waals surface area contributed by atoms with Crippen LogP contribution in [-0.4, -0.2) is 23.7 Å². The summed E-state index contributed by atoms with van der Waals surface area (Å²) >= 11 is 0. The number of likely N-dealkylation sites (N-methyl/N-ethyl adjacent to an activating group) is 1. The SMILES string of the molecule is CNCC(O)c1ccc2[nH]ccc2c1. The van der Waals surface area contributed by atoms with Crippen molar-refractivity contribution in [2.24, 2.45) is 0 Å². The van der Waals surface area contributed by atoms with Gasteiger partial charge in [-0.25, -0.2) is 0 Å². The van der Waals surface area contributed by atoms with Crippen molar-refractivity contribution in [3.05, 3.63) is 36.0 Å². The molecular weight excluding hydrogens is 176 g/mol. The number of nitrogens with one attached hydrogen (secondary N) is 2. The first-order chi connectivity index (χ1) is 6.81. The molecule has 0 fully saturated rings. The lowest BCUT2D eigenvalue weighted by molar-refractivity contribution is 0.178. The largest absolute Gasteiger partial charge is 0.387 e. The van der Waals surface area contributed by atoms with Gasteiger partial charge < -0.3 is 15.4 Å². The Balaban J connectivity index is 2.33. The van der Waals surface area contributed by atoms with Gasteiger partial charge in [-0.2, -0.15) is 0 Å². The van der Waals surface area contributed by atoms with Crippen LogP contribution in [0.3, 0.4) is 0 Å². The molecule has 74 valence electrons. The molecule has 14 heavy (non-hydrogen) atoms. The van der Waals surface area contributed by atoms with Crippen molar-refractivity contribution in [1.82, 2.24) is 10.3 Å². The highest BCUT2D eigenvalue weighted by Crippen LogP contribution is 2.18. The van der Waals surface area contributed by atoms with Gasteiger partial charge in [0, 0.05) is 18.3 Å². The summed E-state index contributed by atoms with van der Waals surface area (Å²) in [5.74, 6) is 0. The molecule has 2 rings (SSSR count). The molecule has 3 heteroatoms. The summed E-state index contributed by atoms with van der Waals surface area (Å²) in [6.45, 7) is 0.579. The zero-order chi connectivity index (χ0) is 9.97. The fourth-order valence-electron chi connectivity index (χ4n) is 1.59. The number of aromatic nitrogens is 1. The second-order valence-electron chi connectivity index (χ2n) is 3.40. The monoisotopic (exact) mass is 190 g/mol. The summed E-state index contributed by atoms with van der Waals surface area (Å²) < 4.78 is 0. The number of rotatable bonds is 3. The number of fused-ring (bicyclic) bond motifs is 1. The van der Waals surface area contributed by atoms with Gasteiger partial charge >= 0.3 is 0 Å². The van der Waals surface area contributed by atoms with E-state index in [0.717, 1.165) is 16.5 Å². The Morgan fingerprint density at radius 3 is 3.07 bits per heavy atom. The smallest absolute Gasteiger partial charge is 0.0914 e. The first-order valence-corrected chi connectivity index (χ1v) is 4.71. The van der Waals surface area contributed by atoms with Crippen molar-refractivity contribution in [3.63, 3.8) is 0 Å². The minimum absolute atomic E-state index is 0.431. The molecule has 0 aliphatic heterocycles. The molecule has 0 spiro atoms. The minimum atomic E-state index is -0.431. The average Bonchev–Trinajstić information content (AvgIpc) is 2.64. The molecule has 1 heterocycles. The molecule has 0 saturated carbocycles. The summed E-state index contributed by atoms with van der Waals surface area (Å²) in [6, 6.07) is 7.95. The average molecular weight is 190 g/mol. The number of benzene rings is 1. The molecular formula is C11H14N2O. The van der Waals surface area contributed by atoms with Gasteiger partial charge in [-0.05, 0) is 36.2 Å². The van der Waals surface area contributed by atoms with E-state index in [1.54, 1.807) is 0 Å². The van der Waals surface area contributed by atoms with E-state index >= 15 is 0 Å². The first kappa shape index (κ1) is 9.24. The van der Waals surface area contributed by atoms with Crippen molar-refractivity contribution in [1.29, 1.82) is 0 Å². The first-order valence-electron chi connectivity index (χ1n) is 4.71. The van der Waals surface area contributed by atoms with E-state index in [2.05, 4.69) is 10.3 Å². The number of aliphatic hydroxyl groups is 1. The van der Waals surface area contributed by atoms with Gasteiger partial charge in [-0.3, -0.25) is 0 Å². The molecule has 1 unspecified atom stereocenters. The van der Waals surface area contributed by atoms with Crippen molar-refractivity contribution >= 4 is 10.9 Å². The molecule has 1 aromatic carbocycles. The lowest BCUT2D eigenvalue weighted by Gasteiger charge is -2.09. The van der Waals surface area contributed by atoms with Crippen LogP contribution in [0.4, 0.5) is 0 Å². The molecule has 2 aromatic rings. The fraction of sp³-hybridized carbons (Fsp3) is 0.273. The maximum atomic E-state index is 9.74. The molecule has 0 radical (unpaired) electrons. The van der Waals surface area contributed by atoms with Crippen LogP contribution < -0.4 is 5.32 Å². The van der Waals surface area contributed by atoms with E-state index in [4.69, 9.17) is 0 Å². The van der Waals surface area contributed by atoms with Crippen LogP contribution in [0, 0.1) is 0 Å². The lowest BCUT2D eigenvalue weighted by Crippen LogP contribution is -2.16. The maximum Gasteiger partial charge on any atom is 0.0914 e. The third-order valence-corrected chi connectivity index (χ3v) is 2.36. The predicted octanol–water partition coefficient (Wildman–Crippen LogP) is 1.42. The number of aliphatic hydroxyl groups excluding tert-OH is 1. The van der Waals surface area contributed by atoms with Crippen molar-refractivity contribution in [2.75, 3.05) is 13.6 Å². The molecule has 0 aliphatic carbocycles. The zero-order valence-electron chi connectivity index (χ0n) is 8.12. The highest BCUT2D eigenvalue weighted by Gasteiger charge is 2.06. The predicted molar refractivity (Wildman–Crippen MR) is 57.2 cm³/mol. The molecule has 3 N–H and O–H groups in total. The van der Waals surface area contributed by atoms with E-state index < -0.39 is 6.10 Å². The highest BCUT2D eigenvalue weighted by molar-refractivity contribution is 5.79. The number of aromatic amines is 1. The van der Waals surface area contributed by atoms with Crippen LogP contribution in [0.5, 0.6) is 0 Å². The van der Waals surface area contributed by atoms with Gasteiger partial charge in [0.15, 0.2) is 0 Å². The van der Waals surface area contributed by atoms with Gasteiger partial charge in [-0.15, -0.1) is 0 Å². The molecule has 0 saturated heterocycles.